The minimum atomic E-state index is 0.373. The molecule has 0 unspecified atom stereocenters. The van der Waals surface area contributed by atoms with Crippen LogP contribution in [0.15, 0.2) is 53.7 Å². The number of hydrogen-bond donors (Lipinski definition) is 0. The van der Waals surface area contributed by atoms with Gasteiger partial charge in [-0.2, -0.15) is 0 Å². The van der Waals surface area contributed by atoms with E-state index in [0.717, 1.165) is 22.8 Å². The third-order valence-corrected chi connectivity index (χ3v) is 2.75. The van der Waals surface area contributed by atoms with Crippen molar-refractivity contribution >= 4 is 6.21 Å². The van der Waals surface area contributed by atoms with E-state index in [9.17, 15) is 0 Å². The van der Waals surface area contributed by atoms with E-state index >= 15 is 0 Å². The molecule has 0 aliphatic heterocycles. The van der Waals surface area contributed by atoms with Gasteiger partial charge in [0.05, 0.1) is 6.21 Å². The van der Waals surface area contributed by atoms with E-state index in [0.29, 0.717) is 13.2 Å². The molecule has 0 fully saturated rings. The molecule has 0 atom stereocenters. The van der Waals surface area contributed by atoms with Crippen molar-refractivity contribution in [2.24, 2.45) is 5.16 Å². The van der Waals surface area contributed by atoms with Crippen molar-refractivity contribution in [2.45, 2.75) is 13.8 Å². The Hall–Kier alpha value is -2.49. The van der Waals surface area contributed by atoms with Gasteiger partial charge in [-0.1, -0.05) is 23.4 Å². The molecular weight excluding hydrogens is 266 g/mol. The summed E-state index contributed by atoms with van der Waals surface area (Å²) in [6, 6.07) is 15.4. The smallest absolute Gasteiger partial charge is 0.130 e. The van der Waals surface area contributed by atoms with Crippen molar-refractivity contribution in [3.8, 4) is 17.2 Å². The summed E-state index contributed by atoms with van der Waals surface area (Å²) in [4.78, 5) is 4.84. The maximum Gasteiger partial charge on any atom is 0.130 e. The Balaban J connectivity index is 1.89. The van der Waals surface area contributed by atoms with Crippen LogP contribution in [-0.4, -0.2) is 19.4 Å². The monoisotopic (exact) mass is 285 g/mol. The Kier molecular flexibility index (Phi) is 5.64. The molecule has 0 aliphatic carbocycles. The van der Waals surface area contributed by atoms with Crippen molar-refractivity contribution in [2.75, 3.05) is 13.2 Å². The van der Waals surface area contributed by atoms with E-state index in [4.69, 9.17) is 14.3 Å². The summed E-state index contributed by atoms with van der Waals surface area (Å²) in [6.07, 6.45) is 1.58. The number of ether oxygens (including phenoxy) is 2. The zero-order valence-corrected chi connectivity index (χ0v) is 12.3. The van der Waals surface area contributed by atoms with Gasteiger partial charge < -0.3 is 14.3 Å². The number of aryl methyl sites for hydroxylation is 1. The third-order valence-electron chi connectivity index (χ3n) is 2.75. The van der Waals surface area contributed by atoms with Gasteiger partial charge in [0, 0.05) is 0 Å². The first-order valence-electron chi connectivity index (χ1n) is 6.89. The summed E-state index contributed by atoms with van der Waals surface area (Å²) in [5.41, 5.74) is 1.10. The minimum Gasteiger partial charge on any atom is -0.488 e. The van der Waals surface area contributed by atoms with Crippen LogP contribution < -0.4 is 9.47 Å². The fourth-order valence-electron chi connectivity index (χ4n) is 1.69. The molecule has 4 nitrogen and oxygen atoms in total. The van der Waals surface area contributed by atoms with Gasteiger partial charge in [0.1, 0.15) is 30.5 Å². The molecule has 2 rings (SSSR count). The van der Waals surface area contributed by atoms with Crippen LogP contribution in [0.3, 0.4) is 0 Å². The van der Waals surface area contributed by atoms with Crippen molar-refractivity contribution in [1.82, 2.24) is 0 Å². The third kappa shape index (κ3) is 4.84. The number of benzene rings is 2. The first kappa shape index (κ1) is 14.9. The van der Waals surface area contributed by atoms with Crippen LogP contribution in [0.4, 0.5) is 0 Å². The second-order valence-corrected chi connectivity index (χ2v) is 4.36. The van der Waals surface area contributed by atoms with Crippen molar-refractivity contribution in [3.63, 3.8) is 0 Å². The average Bonchev–Trinajstić information content (AvgIpc) is 2.51. The molecule has 0 N–H and O–H groups in total. The van der Waals surface area contributed by atoms with Crippen LogP contribution in [0.2, 0.25) is 0 Å². The van der Waals surface area contributed by atoms with Crippen LogP contribution >= 0.6 is 0 Å². The highest BCUT2D eigenvalue weighted by Crippen LogP contribution is 2.26. The Labute approximate surface area is 125 Å². The Morgan fingerprint density at radius 2 is 1.71 bits per heavy atom. The number of rotatable bonds is 7. The van der Waals surface area contributed by atoms with Gasteiger partial charge in [-0.3, -0.25) is 0 Å². The average molecular weight is 285 g/mol. The lowest BCUT2D eigenvalue weighted by atomic mass is 10.2. The van der Waals surface area contributed by atoms with Gasteiger partial charge in [-0.05, 0) is 49.7 Å². The molecule has 110 valence electrons. The molecule has 0 heterocycles. The number of nitrogens with zero attached hydrogens (tertiary/aromatic N) is 1. The van der Waals surface area contributed by atoms with E-state index in [-0.39, 0.29) is 0 Å². The lowest BCUT2D eigenvalue weighted by Gasteiger charge is -2.09. The normalized spacial score (nSPS) is 10.6. The van der Waals surface area contributed by atoms with Crippen molar-refractivity contribution in [3.05, 3.63) is 54.1 Å². The topological polar surface area (TPSA) is 40.0 Å². The SMILES string of the molecule is CCO/N=C/COc1ccc(Oc2ccccc2C)cc1. The molecule has 0 radical (unpaired) electrons. The fraction of sp³-hybridized carbons (Fsp3) is 0.235. The molecule has 2 aromatic carbocycles. The van der Waals surface area contributed by atoms with Crippen LogP contribution in [0.5, 0.6) is 17.2 Å². The van der Waals surface area contributed by atoms with Crippen LogP contribution in [0.1, 0.15) is 12.5 Å². The molecule has 0 saturated carbocycles. The number of para-hydroxylation sites is 1. The van der Waals surface area contributed by atoms with Crippen LogP contribution in [0.25, 0.3) is 0 Å². The zero-order chi connectivity index (χ0) is 14.9. The van der Waals surface area contributed by atoms with Gasteiger partial charge >= 0.3 is 0 Å². The zero-order valence-electron chi connectivity index (χ0n) is 12.3. The van der Waals surface area contributed by atoms with E-state index in [1.165, 1.54) is 0 Å². The minimum absolute atomic E-state index is 0.373. The molecule has 2 aromatic rings. The first-order chi connectivity index (χ1) is 10.3. The second kappa shape index (κ2) is 7.94. The molecule has 0 aromatic heterocycles. The Morgan fingerprint density at radius 3 is 2.43 bits per heavy atom. The standard InChI is InChI=1S/C17H19NO3/c1-3-20-18-12-13-19-15-8-10-16(11-9-15)21-17-7-5-4-6-14(17)2/h4-12H,3,13H2,1-2H3/b18-12+. The van der Waals surface area contributed by atoms with Gasteiger partial charge in [0.15, 0.2) is 0 Å². The van der Waals surface area contributed by atoms with Crippen molar-refractivity contribution in [1.29, 1.82) is 0 Å². The highest BCUT2D eigenvalue weighted by atomic mass is 16.6. The summed E-state index contributed by atoms with van der Waals surface area (Å²) in [5.74, 6) is 2.39. The predicted octanol–water partition coefficient (Wildman–Crippen LogP) is 4.19. The van der Waals surface area contributed by atoms with Gasteiger partial charge in [0.25, 0.3) is 0 Å². The van der Waals surface area contributed by atoms with E-state index < -0.39 is 0 Å². The Morgan fingerprint density at radius 1 is 1.00 bits per heavy atom. The summed E-state index contributed by atoms with van der Waals surface area (Å²) in [5, 5.41) is 3.71. The molecule has 21 heavy (non-hydrogen) atoms. The van der Waals surface area contributed by atoms with Crippen LogP contribution in [-0.2, 0) is 4.84 Å². The lowest BCUT2D eigenvalue weighted by molar-refractivity contribution is 0.158. The molecule has 4 heteroatoms. The maximum absolute atomic E-state index is 5.82. The summed E-state index contributed by atoms with van der Waals surface area (Å²) in [6.45, 7) is 4.83. The lowest BCUT2D eigenvalue weighted by Crippen LogP contribution is -1.98. The second-order valence-electron chi connectivity index (χ2n) is 4.36. The van der Waals surface area contributed by atoms with E-state index in [1.807, 2.05) is 62.4 Å². The van der Waals surface area contributed by atoms with E-state index in [1.54, 1.807) is 6.21 Å². The first-order valence-corrected chi connectivity index (χ1v) is 6.89. The Bertz CT molecular complexity index is 579. The molecule has 0 saturated heterocycles. The van der Waals surface area contributed by atoms with Crippen molar-refractivity contribution < 1.29 is 14.3 Å². The molecule has 0 spiro atoms. The van der Waals surface area contributed by atoms with Gasteiger partial charge in [-0.15, -0.1) is 0 Å². The summed E-state index contributed by atoms with van der Waals surface area (Å²) in [7, 11) is 0. The number of oxime groups is 1. The van der Waals surface area contributed by atoms with Gasteiger partial charge in [0.2, 0.25) is 0 Å². The molecule has 0 amide bonds. The maximum atomic E-state index is 5.82. The highest BCUT2D eigenvalue weighted by molar-refractivity contribution is 5.58. The molecule has 0 aliphatic rings. The quantitative estimate of drug-likeness (QED) is 0.565. The summed E-state index contributed by atoms with van der Waals surface area (Å²) < 4.78 is 11.3. The highest BCUT2D eigenvalue weighted by Gasteiger charge is 2.00. The largest absolute Gasteiger partial charge is 0.488 e. The fourth-order valence-corrected chi connectivity index (χ4v) is 1.69. The van der Waals surface area contributed by atoms with E-state index in [2.05, 4.69) is 5.16 Å². The molecular formula is C17H19NO3. The number of hydrogen-bond acceptors (Lipinski definition) is 4. The summed E-state index contributed by atoms with van der Waals surface area (Å²) >= 11 is 0. The van der Waals surface area contributed by atoms with Crippen LogP contribution in [0, 0.1) is 6.92 Å². The predicted molar refractivity (Wildman–Crippen MR) is 83.3 cm³/mol. The molecule has 0 bridgehead atoms. The van der Waals surface area contributed by atoms with Gasteiger partial charge in [-0.25, -0.2) is 0 Å².